The van der Waals surface area contributed by atoms with E-state index in [9.17, 15) is 4.79 Å². The standard InChI is InChI=1S/C11H9N3O2/c1-7-8(3-2-5-12-7)10-13-6-4-9(14-10)11(15)16/h2-6H,1H3,(H,15,16). The lowest BCUT2D eigenvalue weighted by molar-refractivity contribution is 0.0690. The van der Waals surface area contributed by atoms with Crippen molar-refractivity contribution < 1.29 is 9.90 Å². The topological polar surface area (TPSA) is 76.0 Å². The maximum Gasteiger partial charge on any atom is 0.354 e. The molecular formula is C11H9N3O2. The van der Waals surface area contributed by atoms with Crippen molar-refractivity contribution in [3.8, 4) is 11.4 Å². The lowest BCUT2D eigenvalue weighted by Crippen LogP contribution is -2.03. The van der Waals surface area contributed by atoms with Crippen molar-refractivity contribution in [3.05, 3.63) is 42.0 Å². The number of aryl methyl sites for hydroxylation is 1. The number of hydrogen-bond acceptors (Lipinski definition) is 4. The van der Waals surface area contributed by atoms with E-state index in [4.69, 9.17) is 5.11 Å². The van der Waals surface area contributed by atoms with Crippen molar-refractivity contribution >= 4 is 5.97 Å². The van der Waals surface area contributed by atoms with Crippen LogP contribution in [0.25, 0.3) is 11.4 Å². The number of carbonyl (C=O) groups is 1. The molecule has 5 heteroatoms. The normalized spacial score (nSPS) is 10.1. The summed E-state index contributed by atoms with van der Waals surface area (Å²) in [4.78, 5) is 22.9. The monoisotopic (exact) mass is 215 g/mol. The van der Waals surface area contributed by atoms with Gasteiger partial charge in [-0.2, -0.15) is 0 Å². The van der Waals surface area contributed by atoms with Gasteiger partial charge in [0.05, 0.1) is 0 Å². The van der Waals surface area contributed by atoms with Gasteiger partial charge >= 0.3 is 5.97 Å². The lowest BCUT2D eigenvalue weighted by Gasteiger charge is -2.03. The smallest absolute Gasteiger partial charge is 0.354 e. The predicted octanol–water partition coefficient (Wildman–Crippen LogP) is 1.55. The molecule has 0 saturated heterocycles. The molecule has 0 radical (unpaired) electrons. The summed E-state index contributed by atoms with van der Waals surface area (Å²) in [7, 11) is 0. The lowest BCUT2D eigenvalue weighted by atomic mass is 10.2. The number of nitrogens with zero attached hydrogens (tertiary/aromatic N) is 3. The molecule has 80 valence electrons. The summed E-state index contributed by atoms with van der Waals surface area (Å²) in [5, 5.41) is 8.82. The fourth-order valence-electron chi connectivity index (χ4n) is 1.33. The van der Waals surface area contributed by atoms with Crippen LogP contribution in [-0.4, -0.2) is 26.0 Å². The highest BCUT2D eigenvalue weighted by Crippen LogP contribution is 2.16. The Balaban J connectivity index is 2.53. The number of carboxylic acids is 1. The van der Waals surface area contributed by atoms with Crippen molar-refractivity contribution in [3.63, 3.8) is 0 Å². The summed E-state index contributed by atoms with van der Waals surface area (Å²) in [5.41, 5.74) is 1.49. The molecule has 0 saturated carbocycles. The second kappa shape index (κ2) is 4.06. The van der Waals surface area contributed by atoms with E-state index < -0.39 is 5.97 Å². The van der Waals surface area contributed by atoms with Gasteiger partial charge in [-0.05, 0) is 25.1 Å². The van der Waals surface area contributed by atoms with Crippen LogP contribution >= 0.6 is 0 Å². The molecule has 0 fully saturated rings. The molecule has 2 aromatic rings. The van der Waals surface area contributed by atoms with Crippen LogP contribution < -0.4 is 0 Å². The van der Waals surface area contributed by atoms with Gasteiger partial charge in [0.25, 0.3) is 0 Å². The van der Waals surface area contributed by atoms with E-state index in [1.165, 1.54) is 12.3 Å². The van der Waals surface area contributed by atoms with Crippen LogP contribution in [0.2, 0.25) is 0 Å². The average molecular weight is 215 g/mol. The molecule has 1 N–H and O–H groups in total. The molecule has 5 nitrogen and oxygen atoms in total. The minimum atomic E-state index is -1.06. The molecule has 0 aromatic carbocycles. The van der Waals surface area contributed by atoms with Gasteiger partial charge in [0, 0.05) is 23.7 Å². The van der Waals surface area contributed by atoms with E-state index in [2.05, 4.69) is 15.0 Å². The highest BCUT2D eigenvalue weighted by Gasteiger charge is 2.09. The Hall–Kier alpha value is -2.30. The number of pyridine rings is 1. The molecule has 0 aliphatic carbocycles. The third-order valence-corrected chi connectivity index (χ3v) is 2.12. The van der Waals surface area contributed by atoms with Gasteiger partial charge in [-0.1, -0.05) is 0 Å². The van der Waals surface area contributed by atoms with E-state index in [1.54, 1.807) is 12.3 Å². The Labute approximate surface area is 91.8 Å². The Bertz CT molecular complexity index is 540. The number of rotatable bonds is 2. The maximum atomic E-state index is 10.8. The SMILES string of the molecule is Cc1ncccc1-c1nccc(C(=O)O)n1. The van der Waals surface area contributed by atoms with Crippen LogP contribution in [0.15, 0.2) is 30.6 Å². The van der Waals surface area contributed by atoms with Crippen LogP contribution in [0.1, 0.15) is 16.2 Å². The Morgan fingerprint density at radius 2 is 2.06 bits per heavy atom. The Morgan fingerprint density at radius 1 is 1.25 bits per heavy atom. The highest BCUT2D eigenvalue weighted by atomic mass is 16.4. The number of aromatic nitrogens is 3. The first-order valence-corrected chi connectivity index (χ1v) is 4.67. The first-order valence-electron chi connectivity index (χ1n) is 4.67. The van der Waals surface area contributed by atoms with E-state index in [0.717, 1.165) is 11.3 Å². The summed E-state index contributed by atoms with van der Waals surface area (Å²) < 4.78 is 0. The minimum Gasteiger partial charge on any atom is -0.477 e. The van der Waals surface area contributed by atoms with Crippen molar-refractivity contribution in [2.24, 2.45) is 0 Å². The maximum absolute atomic E-state index is 10.8. The third kappa shape index (κ3) is 1.88. The quantitative estimate of drug-likeness (QED) is 0.822. The summed E-state index contributed by atoms with van der Waals surface area (Å²) in [6, 6.07) is 4.93. The largest absolute Gasteiger partial charge is 0.477 e. The fraction of sp³-hybridized carbons (Fsp3) is 0.0909. The molecule has 0 bridgehead atoms. The fourth-order valence-corrected chi connectivity index (χ4v) is 1.33. The predicted molar refractivity (Wildman–Crippen MR) is 57.0 cm³/mol. The van der Waals surface area contributed by atoms with Crippen LogP contribution in [0.4, 0.5) is 0 Å². The van der Waals surface area contributed by atoms with E-state index in [0.29, 0.717) is 5.82 Å². The highest BCUT2D eigenvalue weighted by molar-refractivity contribution is 5.85. The van der Waals surface area contributed by atoms with Crippen LogP contribution in [0, 0.1) is 6.92 Å². The van der Waals surface area contributed by atoms with Gasteiger partial charge in [0.15, 0.2) is 11.5 Å². The summed E-state index contributed by atoms with van der Waals surface area (Å²) in [6.07, 6.45) is 3.10. The summed E-state index contributed by atoms with van der Waals surface area (Å²) >= 11 is 0. The van der Waals surface area contributed by atoms with Crippen LogP contribution in [0.3, 0.4) is 0 Å². The van der Waals surface area contributed by atoms with Gasteiger partial charge in [-0.25, -0.2) is 14.8 Å². The molecule has 2 aromatic heterocycles. The number of aromatic carboxylic acids is 1. The zero-order valence-corrected chi connectivity index (χ0v) is 8.58. The van der Waals surface area contributed by atoms with E-state index in [1.807, 2.05) is 13.0 Å². The summed E-state index contributed by atoms with van der Waals surface area (Å²) in [6.45, 7) is 1.83. The van der Waals surface area contributed by atoms with Gasteiger partial charge in [0.1, 0.15) is 0 Å². The molecule has 0 aliphatic rings. The first-order chi connectivity index (χ1) is 7.68. The van der Waals surface area contributed by atoms with Crippen LogP contribution in [-0.2, 0) is 0 Å². The van der Waals surface area contributed by atoms with Crippen molar-refractivity contribution in [2.75, 3.05) is 0 Å². The van der Waals surface area contributed by atoms with E-state index >= 15 is 0 Å². The molecule has 0 unspecified atom stereocenters. The second-order valence-corrected chi connectivity index (χ2v) is 3.21. The van der Waals surface area contributed by atoms with Crippen molar-refractivity contribution in [2.45, 2.75) is 6.92 Å². The van der Waals surface area contributed by atoms with Crippen molar-refractivity contribution in [1.29, 1.82) is 0 Å². The van der Waals surface area contributed by atoms with Gasteiger partial charge in [-0.3, -0.25) is 4.98 Å². The molecule has 0 atom stereocenters. The minimum absolute atomic E-state index is 0.0201. The average Bonchev–Trinajstić information content (AvgIpc) is 2.30. The second-order valence-electron chi connectivity index (χ2n) is 3.21. The molecule has 0 amide bonds. The first kappa shape index (κ1) is 10.2. The zero-order valence-electron chi connectivity index (χ0n) is 8.58. The molecule has 16 heavy (non-hydrogen) atoms. The van der Waals surface area contributed by atoms with Gasteiger partial charge < -0.3 is 5.11 Å². The number of hydrogen-bond donors (Lipinski definition) is 1. The zero-order chi connectivity index (χ0) is 11.5. The molecule has 2 rings (SSSR count). The molecular weight excluding hydrogens is 206 g/mol. The number of carboxylic acid groups (broad SMARTS) is 1. The van der Waals surface area contributed by atoms with Gasteiger partial charge in [-0.15, -0.1) is 0 Å². The third-order valence-electron chi connectivity index (χ3n) is 2.12. The van der Waals surface area contributed by atoms with E-state index in [-0.39, 0.29) is 5.69 Å². The van der Waals surface area contributed by atoms with Gasteiger partial charge in [0.2, 0.25) is 0 Å². The summed E-state index contributed by atoms with van der Waals surface area (Å²) in [5.74, 6) is -0.685. The Morgan fingerprint density at radius 3 is 2.75 bits per heavy atom. The molecule has 0 aliphatic heterocycles. The van der Waals surface area contributed by atoms with Crippen molar-refractivity contribution in [1.82, 2.24) is 15.0 Å². The Kier molecular flexibility index (Phi) is 2.59. The van der Waals surface area contributed by atoms with Crippen LogP contribution in [0.5, 0.6) is 0 Å². The molecule has 2 heterocycles. The molecule has 0 spiro atoms.